The van der Waals surface area contributed by atoms with E-state index in [-0.39, 0.29) is 18.5 Å². The fourth-order valence-electron chi connectivity index (χ4n) is 1.36. The van der Waals surface area contributed by atoms with Gasteiger partial charge in [0.2, 0.25) is 0 Å². The summed E-state index contributed by atoms with van der Waals surface area (Å²) in [5, 5.41) is 8.49. The molecule has 0 aliphatic heterocycles. The summed E-state index contributed by atoms with van der Waals surface area (Å²) in [5.41, 5.74) is 0. The number of carbonyl (C=O) groups is 1. The normalized spacial score (nSPS) is 21.5. The lowest BCUT2D eigenvalue weighted by atomic mass is 9.95. The van der Waals surface area contributed by atoms with E-state index in [0.717, 1.165) is 19.3 Å². The molecule has 0 radical (unpaired) electrons. The Hall–Kier alpha value is -0.830. The fourth-order valence-corrected chi connectivity index (χ4v) is 1.36. The summed E-state index contributed by atoms with van der Waals surface area (Å²) < 4.78 is 4.99. The Morgan fingerprint density at radius 1 is 1.54 bits per heavy atom. The van der Waals surface area contributed by atoms with E-state index in [1.54, 1.807) is 0 Å². The lowest BCUT2D eigenvalue weighted by Gasteiger charge is -2.15. The zero-order valence-corrected chi connectivity index (χ0v) is 7.74. The van der Waals surface area contributed by atoms with Gasteiger partial charge in [0.25, 0.3) is 0 Å². The zero-order valence-electron chi connectivity index (χ0n) is 7.74. The van der Waals surface area contributed by atoms with Crippen molar-refractivity contribution in [2.24, 2.45) is 5.92 Å². The van der Waals surface area contributed by atoms with Crippen LogP contribution in [0.3, 0.4) is 0 Å². The summed E-state index contributed by atoms with van der Waals surface area (Å²) in [5.74, 6) is -0.0681. The lowest BCUT2D eigenvalue weighted by Crippen LogP contribution is -2.19. The van der Waals surface area contributed by atoms with Gasteiger partial charge in [-0.05, 0) is 19.3 Å². The average molecular weight is 184 g/mol. The molecule has 0 aromatic heterocycles. The van der Waals surface area contributed by atoms with Crippen molar-refractivity contribution >= 4 is 5.97 Å². The molecule has 1 unspecified atom stereocenters. The minimum Gasteiger partial charge on any atom is -0.465 e. The van der Waals surface area contributed by atoms with Crippen LogP contribution < -0.4 is 0 Å². The smallest absolute Gasteiger partial charge is 0.309 e. The van der Waals surface area contributed by atoms with Crippen molar-refractivity contribution in [3.8, 4) is 0 Å². The third-order valence-electron chi connectivity index (χ3n) is 2.15. The number of hydrogen-bond acceptors (Lipinski definition) is 3. The number of carbonyl (C=O) groups excluding carboxylic acids is 1. The SMILES string of the molecule is O=C(OCCCO)C1CC=CCC1. The van der Waals surface area contributed by atoms with Crippen LogP contribution in [0.1, 0.15) is 25.7 Å². The maximum atomic E-state index is 11.3. The number of aliphatic hydroxyl groups excluding tert-OH is 1. The topological polar surface area (TPSA) is 46.5 Å². The van der Waals surface area contributed by atoms with Crippen LogP contribution in [0.2, 0.25) is 0 Å². The van der Waals surface area contributed by atoms with Crippen LogP contribution in [0.4, 0.5) is 0 Å². The predicted molar refractivity (Wildman–Crippen MR) is 49.1 cm³/mol. The van der Waals surface area contributed by atoms with Crippen LogP contribution in [0.5, 0.6) is 0 Å². The largest absolute Gasteiger partial charge is 0.465 e. The molecule has 1 aliphatic rings. The molecule has 0 spiro atoms. The van der Waals surface area contributed by atoms with Crippen molar-refractivity contribution in [2.45, 2.75) is 25.7 Å². The quantitative estimate of drug-likeness (QED) is 0.406. The summed E-state index contributed by atoms with van der Waals surface area (Å²) in [4.78, 5) is 11.3. The van der Waals surface area contributed by atoms with Crippen molar-refractivity contribution in [1.82, 2.24) is 0 Å². The number of allylic oxidation sites excluding steroid dienone is 2. The number of hydrogen-bond donors (Lipinski definition) is 1. The second-order valence-corrected chi connectivity index (χ2v) is 3.23. The second kappa shape index (κ2) is 5.75. The van der Waals surface area contributed by atoms with Gasteiger partial charge in [-0.15, -0.1) is 0 Å². The molecule has 0 saturated heterocycles. The Labute approximate surface area is 78.4 Å². The minimum atomic E-state index is -0.113. The van der Waals surface area contributed by atoms with Gasteiger partial charge in [0.05, 0.1) is 12.5 Å². The van der Waals surface area contributed by atoms with E-state index >= 15 is 0 Å². The first-order chi connectivity index (χ1) is 6.34. The van der Waals surface area contributed by atoms with Gasteiger partial charge in [0, 0.05) is 13.0 Å². The van der Waals surface area contributed by atoms with E-state index in [4.69, 9.17) is 9.84 Å². The van der Waals surface area contributed by atoms with Gasteiger partial charge in [-0.25, -0.2) is 0 Å². The van der Waals surface area contributed by atoms with Gasteiger partial charge in [0.1, 0.15) is 0 Å². The van der Waals surface area contributed by atoms with Crippen LogP contribution in [-0.2, 0) is 9.53 Å². The summed E-state index contributed by atoms with van der Waals surface area (Å²) in [6.45, 7) is 0.424. The Morgan fingerprint density at radius 2 is 2.38 bits per heavy atom. The van der Waals surface area contributed by atoms with E-state index in [1.807, 2.05) is 6.08 Å². The molecule has 0 heterocycles. The monoisotopic (exact) mass is 184 g/mol. The van der Waals surface area contributed by atoms with Crippen molar-refractivity contribution in [1.29, 1.82) is 0 Å². The van der Waals surface area contributed by atoms with Crippen LogP contribution in [0.25, 0.3) is 0 Å². The first-order valence-electron chi connectivity index (χ1n) is 4.77. The van der Waals surface area contributed by atoms with Gasteiger partial charge in [0.15, 0.2) is 0 Å². The highest BCUT2D eigenvalue weighted by molar-refractivity contribution is 5.72. The molecule has 1 atom stereocenters. The lowest BCUT2D eigenvalue weighted by molar-refractivity contribution is -0.149. The number of rotatable bonds is 4. The Balaban J connectivity index is 2.18. The summed E-state index contributed by atoms with van der Waals surface area (Å²) in [7, 11) is 0. The van der Waals surface area contributed by atoms with Crippen molar-refractivity contribution in [2.75, 3.05) is 13.2 Å². The van der Waals surface area contributed by atoms with E-state index in [1.165, 1.54) is 0 Å². The average Bonchev–Trinajstić information content (AvgIpc) is 2.19. The molecule has 0 aromatic rings. The van der Waals surface area contributed by atoms with Crippen molar-refractivity contribution in [3.05, 3.63) is 12.2 Å². The van der Waals surface area contributed by atoms with Crippen molar-refractivity contribution < 1.29 is 14.6 Å². The zero-order chi connectivity index (χ0) is 9.52. The van der Waals surface area contributed by atoms with Crippen LogP contribution >= 0.6 is 0 Å². The molecule has 0 bridgehead atoms. The maximum absolute atomic E-state index is 11.3. The number of ether oxygens (including phenoxy) is 1. The highest BCUT2D eigenvalue weighted by atomic mass is 16.5. The molecule has 3 nitrogen and oxygen atoms in total. The standard InChI is InChI=1S/C10H16O3/c11-7-4-8-13-10(12)9-5-2-1-3-6-9/h1-2,9,11H,3-8H2. The molecule has 0 aromatic carbocycles. The molecule has 1 N–H and O–H groups in total. The third-order valence-corrected chi connectivity index (χ3v) is 2.15. The predicted octanol–water partition coefficient (Wildman–Crippen LogP) is 1.27. The van der Waals surface area contributed by atoms with E-state index in [0.29, 0.717) is 13.0 Å². The molecule has 1 aliphatic carbocycles. The fraction of sp³-hybridized carbons (Fsp3) is 0.700. The van der Waals surface area contributed by atoms with Crippen LogP contribution in [-0.4, -0.2) is 24.3 Å². The molecule has 0 saturated carbocycles. The van der Waals surface area contributed by atoms with E-state index < -0.39 is 0 Å². The van der Waals surface area contributed by atoms with Crippen LogP contribution in [0, 0.1) is 5.92 Å². The molecule has 0 amide bonds. The minimum absolute atomic E-state index is 0.0451. The summed E-state index contributed by atoms with van der Waals surface area (Å²) >= 11 is 0. The van der Waals surface area contributed by atoms with Gasteiger partial charge < -0.3 is 9.84 Å². The molecule has 3 heteroatoms. The third kappa shape index (κ3) is 3.59. The van der Waals surface area contributed by atoms with Crippen LogP contribution in [0.15, 0.2) is 12.2 Å². The molecule has 13 heavy (non-hydrogen) atoms. The number of esters is 1. The maximum Gasteiger partial charge on any atom is 0.309 e. The Kier molecular flexibility index (Phi) is 4.54. The molecule has 74 valence electrons. The molecule has 1 rings (SSSR count). The van der Waals surface area contributed by atoms with E-state index in [2.05, 4.69) is 6.08 Å². The van der Waals surface area contributed by atoms with Gasteiger partial charge >= 0.3 is 5.97 Å². The Bertz CT molecular complexity index is 187. The second-order valence-electron chi connectivity index (χ2n) is 3.23. The summed E-state index contributed by atoms with van der Waals surface area (Å²) in [6, 6.07) is 0. The van der Waals surface area contributed by atoms with Gasteiger partial charge in [-0.3, -0.25) is 4.79 Å². The molecule has 0 fully saturated rings. The highest BCUT2D eigenvalue weighted by Gasteiger charge is 2.19. The van der Waals surface area contributed by atoms with Gasteiger partial charge in [-0.2, -0.15) is 0 Å². The van der Waals surface area contributed by atoms with Crippen molar-refractivity contribution in [3.63, 3.8) is 0 Å². The molecular weight excluding hydrogens is 168 g/mol. The Morgan fingerprint density at radius 3 is 3.00 bits per heavy atom. The first kappa shape index (κ1) is 10.3. The first-order valence-corrected chi connectivity index (χ1v) is 4.77. The number of aliphatic hydroxyl groups is 1. The highest BCUT2D eigenvalue weighted by Crippen LogP contribution is 2.19. The summed E-state index contributed by atoms with van der Waals surface area (Å²) in [6.07, 6.45) is 7.33. The van der Waals surface area contributed by atoms with Gasteiger partial charge in [-0.1, -0.05) is 12.2 Å². The molecular formula is C10H16O3. The van der Waals surface area contributed by atoms with E-state index in [9.17, 15) is 4.79 Å².